The highest BCUT2D eigenvalue weighted by atomic mass is 16.2. The number of H-pyrrole nitrogens is 2. The van der Waals surface area contributed by atoms with Gasteiger partial charge in [0.1, 0.15) is 0 Å². The number of carbonyl (C=O) groups excluding carboxylic acids is 3. The predicted octanol–water partition coefficient (Wildman–Crippen LogP) is -1.01. The third kappa shape index (κ3) is 3.33. The monoisotopic (exact) mass is 251 g/mol. The van der Waals surface area contributed by atoms with E-state index in [1.807, 2.05) is 0 Å². The first kappa shape index (κ1) is 13.2. The number of nitrogens with one attached hydrogen (secondary N) is 3. The van der Waals surface area contributed by atoms with Gasteiger partial charge in [0.05, 0.1) is 6.33 Å². The molecule has 9 nitrogen and oxygen atoms in total. The second-order valence-corrected chi connectivity index (χ2v) is 2.97. The largest absolute Gasteiger partial charge is 0.339 e. The number of aromatic nitrogens is 4. The molecule has 0 aliphatic rings. The summed E-state index contributed by atoms with van der Waals surface area (Å²) < 4.78 is 0. The van der Waals surface area contributed by atoms with Crippen molar-refractivity contribution in [3.05, 3.63) is 16.7 Å². The van der Waals surface area contributed by atoms with Gasteiger partial charge in [-0.1, -0.05) is 0 Å². The molecule has 1 amide bonds. The van der Waals surface area contributed by atoms with Crippen molar-refractivity contribution in [2.45, 2.75) is 6.92 Å². The Labute approximate surface area is 99.6 Å². The zero-order chi connectivity index (χ0) is 13.5. The minimum Gasteiger partial charge on any atom is -0.339 e. The summed E-state index contributed by atoms with van der Waals surface area (Å²) in [4.78, 5) is 52.4. The van der Waals surface area contributed by atoms with Crippen molar-refractivity contribution in [2.75, 3.05) is 5.32 Å². The van der Waals surface area contributed by atoms with E-state index in [0.29, 0.717) is 5.52 Å². The number of amides is 1. The summed E-state index contributed by atoms with van der Waals surface area (Å²) in [5.74, 6) is -0.204. The Balaban J connectivity index is 0.000000357. The second kappa shape index (κ2) is 6.03. The molecular formula is C9H9N5O4. The van der Waals surface area contributed by atoms with E-state index in [4.69, 9.17) is 9.59 Å². The Hall–Kier alpha value is -2.84. The van der Waals surface area contributed by atoms with Gasteiger partial charge in [0.2, 0.25) is 11.9 Å². The first-order valence-corrected chi connectivity index (χ1v) is 4.68. The van der Waals surface area contributed by atoms with Crippen molar-refractivity contribution < 1.29 is 14.4 Å². The topological polar surface area (TPSA) is 138 Å². The van der Waals surface area contributed by atoms with Gasteiger partial charge in [-0.15, -0.1) is 0 Å². The summed E-state index contributed by atoms with van der Waals surface area (Å²) in [5, 5.41) is 2.37. The van der Waals surface area contributed by atoms with Crippen molar-refractivity contribution in [1.82, 2.24) is 19.9 Å². The highest BCUT2D eigenvalue weighted by Gasteiger charge is 2.05. The molecule has 2 heterocycles. The molecule has 94 valence electrons. The van der Waals surface area contributed by atoms with Crippen LogP contribution < -0.4 is 10.9 Å². The fourth-order valence-electron chi connectivity index (χ4n) is 1.07. The highest BCUT2D eigenvalue weighted by molar-refractivity contribution is 6.09. The lowest BCUT2D eigenvalue weighted by Gasteiger charge is -1.98. The second-order valence-electron chi connectivity index (χ2n) is 2.97. The van der Waals surface area contributed by atoms with Crippen molar-refractivity contribution >= 4 is 35.6 Å². The van der Waals surface area contributed by atoms with Crippen LogP contribution in [0.4, 0.5) is 5.95 Å². The summed E-state index contributed by atoms with van der Waals surface area (Å²) in [6.45, 7) is 1.33. The number of carbonyl (C=O) groups is 3. The molecule has 2 rings (SSSR count). The molecule has 9 heteroatoms. The van der Waals surface area contributed by atoms with Crippen LogP contribution in [-0.2, 0) is 14.4 Å². The molecule has 0 atom stereocenters. The van der Waals surface area contributed by atoms with E-state index >= 15 is 0 Å². The molecule has 0 bridgehead atoms. The van der Waals surface area contributed by atoms with E-state index in [0.717, 1.165) is 0 Å². The molecular weight excluding hydrogens is 242 g/mol. The lowest BCUT2D eigenvalue weighted by atomic mass is 10.5. The third-order valence-corrected chi connectivity index (χ3v) is 1.65. The quantitative estimate of drug-likeness (QED) is 0.461. The van der Waals surface area contributed by atoms with Crippen LogP contribution >= 0.6 is 0 Å². The Morgan fingerprint density at radius 2 is 2.06 bits per heavy atom. The van der Waals surface area contributed by atoms with Crippen molar-refractivity contribution in [3.63, 3.8) is 0 Å². The Kier molecular flexibility index (Phi) is 4.43. The third-order valence-electron chi connectivity index (χ3n) is 1.65. The van der Waals surface area contributed by atoms with Crippen LogP contribution in [0.5, 0.6) is 0 Å². The Morgan fingerprint density at radius 3 is 2.61 bits per heavy atom. The number of aldehydes is 2. The molecule has 0 unspecified atom stereocenters. The van der Waals surface area contributed by atoms with Gasteiger partial charge in [0.15, 0.2) is 23.7 Å². The average molecular weight is 251 g/mol. The van der Waals surface area contributed by atoms with Crippen molar-refractivity contribution in [3.8, 4) is 0 Å². The fourth-order valence-corrected chi connectivity index (χ4v) is 1.07. The lowest BCUT2D eigenvalue weighted by Crippen LogP contribution is -2.15. The van der Waals surface area contributed by atoms with Crippen molar-refractivity contribution in [1.29, 1.82) is 0 Å². The number of fused-ring (bicyclic) bond motifs is 1. The molecule has 0 radical (unpaired) electrons. The minimum atomic E-state index is -0.365. The molecule has 2 aromatic heterocycles. The molecule has 2 aromatic rings. The van der Waals surface area contributed by atoms with Gasteiger partial charge in [-0.05, 0) is 0 Å². The molecule has 0 saturated carbocycles. The normalized spacial score (nSPS) is 9.17. The molecule has 0 spiro atoms. The van der Waals surface area contributed by atoms with Crippen LogP contribution in [0.1, 0.15) is 6.92 Å². The zero-order valence-corrected chi connectivity index (χ0v) is 9.26. The van der Waals surface area contributed by atoms with Crippen molar-refractivity contribution in [2.24, 2.45) is 0 Å². The van der Waals surface area contributed by atoms with Gasteiger partial charge < -0.3 is 4.98 Å². The molecule has 0 fully saturated rings. The molecule has 0 aliphatic carbocycles. The smallest absolute Gasteiger partial charge is 0.278 e. The zero-order valence-electron chi connectivity index (χ0n) is 9.26. The summed E-state index contributed by atoms with van der Waals surface area (Å²) in [6, 6.07) is 0. The van der Waals surface area contributed by atoms with E-state index < -0.39 is 0 Å². The number of imidazole rings is 1. The maximum absolute atomic E-state index is 11.3. The van der Waals surface area contributed by atoms with Crippen LogP contribution in [-0.4, -0.2) is 38.4 Å². The first-order valence-electron chi connectivity index (χ1n) is 4.68. The average Bonchev–Trinajstić information content (AvgIpc) is 2.77. The SMILES string of the molecule is CC(=O)Nc1nc2nc[nH]c2c(=O)[nH]1.O=CC=O. The number of anilines is 1. The first-order chi connectivity index (χ1) is 8.58. The van der Waals surface area contributed by atoms with E-state index in [2.05, 4.69) is 25.3 Å². The minimum absolute atomic E-state index is 0.0992. The van der Waals surface area contributed by atoms with Gasteiger partial charge in [-0.3, -0.25) is 29.5 Å². The summed E-state index contributed by atoms with van der Waals surface area (Å²) in [7, 11) is 0. The molecule has 0 saturated heterocycles. The van der Waals surface area contributed by atoms with Gasteiger partial charge >= 0.3 is 0 Å². The summed E-state index contributed by atoms with van der Waals surface area (Å²) in [6.07, 6.45) is 1.75. The number of aromatic amines is 2. The van der Waals surface area contributed by atoms with Gasteiger partial charge in [0.25, 0.3) is 5.56 Å². The maximum Gasteiger partial charge on any atom is 0.278 e. The van der Waals surface area contributed by atoms with Crippen LogP contribution in [0.2, 0.25) is 0 Å². The molecule has 0 aromatic carbocycles. The number of rotatable bonds is 2. The van der Waals surface area contributed by atoms with Gasteiger partial charge in [-0.25, -0.2) is 4.98 Å². The van der Waals surface area contributed by atoms with Gasteiger partial charge in [-0.2, -0.15) is 4.98 Å². The van der Waals surface area contributed by atoms with Crippen LogP contribution in [0, 0.1) is 0 Å². The van der Waals surface area contributed by atoms with E-state index in [-0.39, 0.29) is 35.6 Å². The summed E-state index contributed by atoms with van der Waals surface area (Å²) >= 11 is 0. The van der Waals surface area contributed by atoms with E-state index in [1.165, 1.54) is 13.3 Å². The van der Waals surface area contributed by atoms with Crippen LogP contribution in [0.25, 0.3) is 11.2 Å². The van der Waals surface area contributed by atoms with Gasteiger partial charge in [0, 0.05) is 6.92 Å². The number of hydrogen-bond acceptors (Lipinski definition) is 6. The predicted molar refractivity (Wildman–Crippen MR) is 60.9 cm³/mol. The Morgan fingerprint density at radius 1 is 1.39 bits per heavy atom. The van der Waals surface area contributed by atoms with Crippen LogP contribution in [0.15, 0.2) is 11.1 Å². The summed E-state index contributed by atoms with van der Waals surface area (Å²) in [5.41, 5.74) is 0.202. The fraction of sp³-hybridized carbons (Fsp3) is 0.111. The number of hydrogen-bond donors (Lipinski definition) is 3. The molecule has 3 N–H and O–H groups in total. The van der Waals surface area contributed by atoms with E-state index in [1.54, 1.807) is 0 Å². The molecule has 0 aliphatic heterocycles. The standard InChI is InChI=1S/C7H7N5O2.C2H2O2/c1-3(13)10-7-11-5-4(6(14)12-7)8-2-9-5;3-1-2-4/h2H,1H3,(H3,8,9,10,11,12,13,14);1-2H. The maximum atomic E-state index is 11.3. The molecule has 18 heavy (non-hydrogen) atoms. The number of nitrogens with zero attached hydrogens (tertiary/aromatic N) is 2. The Bertz CT molecular complexity index is 623. The van der Waals surface area contributed by atoms with Crippen LogP contribution in [0.3, 0.4) is 0 Å². The lowest BCUT2D eigenvalue weighted by molar-refractivity contribution is -0.122. The highest BCUT2D eigenvalue weighted by Crippen LogP contribution is 2.02. The van der Waals surface area contributed by atoms with E-state index in [9.17, 15) is 9.59 Å².